The average Bonchev–Trinajstić information content (AvgIpc) is 3.41. The van der Waals surface area contributed by atoms with E-state index in [0.29, 0.717) is 35.7 Å². The van der Waals surface area contributed by atoms with Crippen molar-refractivity contribution in [2.45, 2.75) is 50.5 Å². The molecule has 1 N–H and O–H groups in total. The van der Waals surface area contributed by atoms with Gasteiger partial charge in [-0.2, -0.15) is 4.31 Å². The molecule has 0 aliphatic carbocycles. The Balaban J connectivity index is 1.55. The molecule has 2 heterocycles. The number of amides is 1. The number of aryl methyl sites for hydroxylation is 2. The second kappa shape index (κ2) is 9.60. The smallest absolute Gasteiger partial charge is 0.243 e. The predicted octanol–water partition coefficient (Wildman–Crippen LogP) is 4.46. The van der Waals surface area contributed by atoms with E-state index in [2.05, 4.69) is 16.8 Å². The predicted molar refractivity (Wildman–Crippen MR) is 126 cm³/mol. The zero-order chi connectivity index (χ0) is 22.7. The van der Waals surface area contributed by atoms with Crippen molar-refractivity contribution in [1.82, 2.24) is 13.9 Å². The van der Waals surface area contributed by atoms with Crippen LogP contribution in [-0.2, 0) is 27.8 Å². The van der Waals surface area contributed by atoms with Crippen molar-refractivity contribution in [2.24, 2.45) is 0 Å². The Bertz CT molecular complexity index is 1230. The first-order valence-corrected chi connectivity index (χ1v) is 12.7. The van der Waals surface area contributed by atoms with E-state index in [0.717, 1.165) is 37.1 Å². The van der Waals surface area contributed by atoms with E-state index >= 15 is 0 Å². The van der Waals surface area contributed by atoms with Crippen LogP contribution in [-0.4, -0.2) is 41.3 Å². The third-order valence-electron chi connectivity index (χ3n) is 5.63. The fourth-order valence-electron chi connectivity index (χ4n) is 4.08. The van der Waals surface area contributed by atoms with Gasteiger partial charge >= 0.3 is 0 Å². The molecule has 7 nitrogen and oxygen atoms in total. The van der Waals surface area contributed by atoms with Gasteiger partial charge < -0.3 is 9.88 Å². The number of fused-ring (bicyclic) bond motifs is 1. The monoisotopic (exact) mass is 474 g/mol. The van der Waals surface area contributed by atoms with Crippen LogP contribution in [0.15, 0.2) is 47.4 Å². The van der Waals surface area contributed by atoms with Crippen LogP contribution in [0.3, 0.4) is 0 Å². The second-order valence-electron chi connectivity index (χ2n) is 8.00. The fraction of sp³-hybridized carbons (Fsp3) is 0.391. The Morgan fingerprint density at radius 1 is 1.16 bits per heavy atom. The Morgan fingerprint density at radius 3 is 2.66 bits per heavy atom. The number of imidazole rings is 1. The molecule has 170 valence electrons. The molecule has 1 saturated heterocycles. The number of rotatable bonds is 8. The summed E-state index contributed by atoms with van der Waals surface area (Å²) in [6, 6.07) is 12.2. The second-order valence-corrected chi connectivity index (χ2v) is 10.4. The van der Waals surface area contributed by atoms with Gasteiger partial charge in [0.15, 0.2) is 0 Å². The molecule has 4 rings (SSSR count). The lowest BCUT2D eigenvalue weighted by Crippen LogP contribution is -2.27. The molecule has 0 atom stereocenters. The van der Waals surface area contributed by atoms with Gasteiger partial charge in [-0.25, -0.2) is 13.4 Å². The zero-order valence-corrected chi connectivity index (χ0v) is 19.6. The maximum Gasteiger partial charge on any atom is 0.243 e. The molecule has 0 saturated carbocycles. The van der Waals surface area contributed by atoms with Gasteiger partial charge in [0.2, 0.25) is 15.9 Å². The van der Waals surface area contributed by atoms with Crippen molar-refractivity contribution in [2.75, 3.05) is 18.4 Å². The Labute approximate surface area is 193 Å². The lowest BCUT2D eigenvalue weighted by molar-refractivity contribution is -0.116. The van der Waals surface area contributed by atoms with Crippen molar-refractivity contribution in [3.63, 3.8) is 0 Å². The van der Waals surface area contributed by atoms with E-state index in [1.807, 2.05) is 6.07 Å². The van der Waals surface area contributed by atoms with E-state index < -0.39 is 10.0 Å². The zero-order valence-electron chi connectivity index (χ0n) is 18.1. The summed E-state index contributed by atoms with van der Waals surface area (Å²) in [6.45, 7) is 3.96. The summed E-state index contributed by atoms with van der Waals surface area (Å²) in [7, 11) is -3.50. The van der Waals surface area contributed by atoms with Gasteiger partial charge in [-0.15, -0.1) is 0 Å². The maximum atomic E-state index is 12.9. The largest absolute Gasteiger partial charge is 0.328 e. The minimum absolute atomic E-state index is 0.125. The van der Waals surface area contributed by atoms with Crippen LogP contribution in [0.4, 0.5) is 5.69 Å². The van der Waals surface area contributed by atoms with E-state index in [-0.39, 0.29) is 17.2 Å². The minimum Gasteiger partial charge on any atom is -0.328 e. The number of sulfonamides is 1. The molecular weight excluding hydrogens is 448 g/mol. The quantitative estimate of drug-likeness (QED) is 0.522. The first-order valence-electron chi connectivity index (χ1n) is 10.9. The summed E-state index contributed by atoms with van der Waals surface area (Å²) in [6.07, 6.45) is 3.41. The number of aromatic nitrogens is 2. The van der Waals surface area contributed by atoms with Gasteiger partial charge in [-0.05, 0) is 55.7 Å². The van der Waals surface area contributed by atoms with Gasteiger partial charge in [-0.1, -0.05) is 24.6 Å². The normalized spacial score (nSPS) is 14.8. The molecule has 0 bridgehead atoms. The molecule has 1 aliphatic heterocycles. The molecule has 2 aromatic carbocycles. The van der Waals surface area contributed by atoms with Gasteiger partial charge in [-0.3, -0.25) is 4.79 Å². The summed E-state index contributed by atoms with van der Waals surface area (Å²) in [5.74, 6) is 0.651. The van der Waals surface area contributed by atoms with Crippen LogP contribution in [0.2, 0.25) is 5.02 Å². The van der Waals surface area contributed by atoms with Crippen molar-refractivity contribution in [3.8, 4) is 0 Å². The highest BCUT2D eigenvalue weighted by Crippen LogP contribution is 2.26. The van der Waals surface area contributed by atoms with Crippen molar-refractivity contribution >= 4 is 44.3 Å². The number of anilines is 1. The van der Waals surface area contributed by atoms with Crippen LogP contribution >= 0.6 is 11.6 Å². The molecule has 0 unspecified atom stereocenters. The topological polar surface area (TPSA) is 84.3 Å². The van der Waals surface area contributed by atoms with E-state index in [1.165, 1.54) is 4.31 Å². The van der Waals surface area contributed by atoms with Gasteiger partial charge in [0, 0.05) is 43.2 Å². The number of nitrogens with zero attached hydrogens (tertiary/aromatic N) is 3. The molecule has 1 aromatic heterocycles. The average molecular weight is 475 g/mol. The number of carbonyl (C=O) groups is 1. The molecule has 1 amide bonds. The Kier molecular flexibility index (Phi) is 6.83. The van der Waals surface area contributed by atoms with Crippen LogP contribution in [0.25, 0.3) is 11.0 Å². The van der Waals surface area contributed by atoms with Crippen molar-refractivity contribution in [1.29, 1.82) is 0 Å². The van der Waals surface area contributed by atoms with Crippen LogP contribution in [0.1, 0.15) is 38.4 Å². The van der Waals surface area contributed by atoms with Crippen molar-refractivity contribution < 1.29 is 13.2 Å². The maximum absolute atomic E-state index is 12.9. The Morgan fingerprint density at radius 2 is 1.94 bits per heavy atom. The highest BCUT2D eigenvalue weighted by Gasteiger charge is 2.27. The summed E-state index contributed by atoms with van der Waals surface area (Å²) < 4.78 is 29.5. The lowest BCUT2D eigenvalue weighted by atomic mass is 10.2. The molecule has 3 aromatic rings. The molecule has 1 fully saturated rings. The lowest BCUT2D eigenvalue weighted by Gasteiger charge is -2.15. The van der Waals surface area contributed by atoms with Gasteiger partial charge in [0.1, 0.15) is 5.82 Å². The number of hydrogen-bond donors (Lipinski definition) is 1. The summed E-state index contributed by atoms with van der Waals surface area (Å²) in [5, 5.41) is 3.42. The Hall–Kier alpha value is -2.42. The van der Waals surface area contributed by atoms with E-state index in [4.69, 9.17) is 16.6 Å². The molecule has 0 spiro atoms. The number of halogens is 1. The first-order chi connectivity index (χ1) is 15.4. The van der Waals surface area contributed by atoms with Gasteiger partial charge in [0.25, 0.3) is 0 Å². The molecule has 9 heteroatoms. The fourth-order valence-corrected chi connectivity index (χ4v) is 5.80. The van der Waals surface area contributed by atoms with E-state index in [9.17, 15) is 13.2 Å². The minimum atomic E-state index is -3.50. The highest BCUT2D eigenvalue weighted by atomic mass is 35.5. The molecule has 0 radical (unpaired) electrons. The van der Waals surface area contributed by atoms with Crippen LogP contribution in [0, 0.1) is 0 Å². The number of carbonyl (C=O) groups excluding carboxylic acids is 1. The summed E-state index contributed by atoms with van der Waals surface area (Å²) in [5.41, 5.74) is 2.18. The first kappa shape index (κ1) is 22.8. The van der Waals surface area contributed by atoms with E-state index in [1.54, 1.807) is 36.4 Å². The number of benzene rings is 2. The molecular formula is C23H27ClN4O3S. The SMILES string of the molecule is CCCn1c(CCC(=O)Nc2cccc(Cl)c2)nc2cc(S(=O)(=O)N3CCCC3)ccc21. The third-order valence-corrected chi connectivity index (χ3v) is 7.76. The molecule has 1 aliphatic rings. The molecule has 32 heavy (non-hydrogen) atoms. The van der Waals surface area contributed by atoms with Crippen molar-refractivity contribution in [3.05, 3.63) is 53.3 Å². The van der Waals surface area contributed by atoms with Crippen LogP contribution in [0.5, 0.6) is 0 Å². The summed E-state index contributed by atoms with van der Waals surface area (Å²) in [4.78, 5) is 17.4. The standard InChI is InChI=1S/C23H27ClN4O3S/c1-2-12-28-21-9-8-19(32(30,31)27-13-3-4-14-27)16-20(21)26-22(28)10-11-23(29)25-18-7-5-6-17(24)15-18/h5-9,15-16H,2-4,10-14H2,1H3,(H,25,29). The number of hydrogen-bond acceptors (Lipinski definition) is 4. The highest BCUT2D eigenvalue weighted by molar-refractivity contribution is 7.89. The number of nitrogens with one attached hydrogen (secondary N) is 1. The summed E-state index contributed by atoms with van der Waals surface area (Å²) >= 11 is 5.98. The van der Waals surface area contributed by atoms with Gasteiger partial charge in [0.05, 0.1) is 15.9 Å². The van der Waals surface area contributed by atoms with Crippen LogP contribution < -0.4 is 5.32 Å². The third kappa shape index (κ3) is 4.82.